The Labute approximate surface area is 250 Å². The van der Waals surface area contributed by atoms with E-state index in [0.717, 1.165) is 6.07 Å². The number of amides is 1. The van der Waals surface area contributed by atoms with Gasteiger partial charge in [-0.25, -0.2) is 0 Å². The Hall–Kier alpha value is -4.50. The van der Waals surface area contributed by atoms with E-state index in [1.54, 1.807) is 0 Å². The minimum atomic E-state index is -1.40. The number of aliphatic hydroxyl groups excluding tert-OH is 3. The van der Waals surface area contributed by atoms with Gasteiger partial charge in [-0.15, -0.1) is 0 Å². The van der Waals surface area contributed by atoms with E-state index in [0.29, 0.717) is 12.0 Å². The highest BCUT2D eigenvalue weighted by atomic mass is 16.5. The van der Waals surface area contributed by atoms with Gasteiger partial charge in [0.25, 0.3) is 0 Å². The summed E-state index contributed by atoms with van der Waals surface area (Å²) in [6.45, 7) is 0. The summed E-state index contributed by atoms with van der Waals surface area (Å²) in [6, 6.07) is 7.45. The first-order chi connectivity index (χ1) is 20.8. The summed E-state index contributed by atoms with van der Waals surface area (Å²) in [5.74, 6) is -4.20. The summed E-state index contributed by atoms with van der Waals surface area (Å²) < 4.78 is 16.0. The molecular formula is C30H34N2O12. The number of hydrogen-bond donors (Lipinski definition) is 7. The largest absolute Gasteiger partial charge is 0.508 e. The first kappa shape index (κ1) is 32.4. The Morgan fingerprint density at radius 1 is 0.977 bits per heavy atom. The van der Waals surface area contributed by atoms with Crippen LogP contribution < -0.4 is 21.6 Å². The molecule has 3 aromatic rings. The fraction of sp³-hybridized carbons (Fsp3) is 0.400. The average Bonchev–Trinajstić information content (AvgIpc) is 2.97. The van der Waals surface area contributed by atoms with Crippen LogP contribution in [0.5, 0.6) is 17.2 Å². The number of carbonyl (C=O) groups is 3. The predicted molar refractivity (Wildman–Crippen MR) is 153 cm³/mol. The number of fused-ring (bicyclic) bond motifs is 1. The van der Waals surface area contributed by atoms with Crippen LogP contribution in [0.25, 0.3) is 22.1 Å². The van der Waals surface area contributed by atoms with Gasteiger partial charge in [-0.1, -0.05) is 12.1 Å². The van der Waals surface area contributed by atoms with Crippen LogP contribution in [0.4, 0.5) is 0 Å². The number of esters is 2. The minimum Gasteiger partial charge on any atom is -0.508 e. The molecule has 0 bridgehead atoms. The van der Waals surface area contributed by atoms with Crippen molar-refractivity contribution in [3.63, 3.8) is 0 Å². The van der Waals surface area contributed by atoms with E-state index in [4.69, 9.17) is 25.4 Å². The van der Waals surface area contributed by atoms with E-state index < -0.39 is 65.4 Å². The van der Waals surface area contributed by atoms with Gasteiger partial charge in [0.2, 0.25) is 11.3 Å². The van der Waals surface area contributed by atoms with E-state index in [2.05, 4.69) is 0 Å². The van der Waals surface area contributed by atoms with Gasteiger partial charge in [0.15, 0.2) is 0 Å². The third-order valence-corrected chi connectivity index (χ3v) is 7.58. The summed E-state index contributed by atoms with van der Waals surface area (Å²) in [4.78, 5) is 49.4. The number of carbonyl (C=O) groups excluding carboxylic acids is 3. The fourth-order valence-corrected chi connectivity index (χ4v) is 5.11. The summed E-state index contributed by atoms with van der Waals surface area (Å²) in [5.41, 5.74) is 11.1. The number of nitrogens with two attached hydrogens (primary N) is 2. The maximum Gasteiger partial charge on any atom is 0.311 e. The zero-order valence-electron chi connectivity index (χ0n) is 23.5. The molecular weight excluding hydrogens is 580 g/mol. The number of primary amides is 1. The zero-order valence-corrected chi connectivity index (χ0v) is 23.5. The van der Waals surface area contributed by atoms with Gasteiger partial charge < -0.3 is 50.9 Å². The molecule has 1 saturated carbocycles. The Morgan fingerprint density at radius 3 is 2.25 bits per heavy atom. The first-order valence-corrected chi connectivity index (χ1v) is 13.9. The number of ether oxygens (including phenoxy) is 2. The second-order valence-corrected chi connectivity index (χ2v) is 10.7. The van der Waals surface area contributed by atoms with Crippen molar-refractivity contribution in [2.24, 2.45) is 17.4 Å². The van der Waals surface area contributed by atoms with Crippen molar-refractivity contribution in [1.82, 2.24) is 0 Å². The molecule has 44 heavy (non-hydrogen) atoms. The van der Waals surface area contributed by atoms with Crippen LogP contribution in [0.3, 0.4) is 0 Å². The van der Waals surface area contributed by atoms with Gasteiger partial charge in [0.1, 0.15) is 46.5 Å². The number of aromatic hydroxyl groups is 2. The minimum absolute atomic E-state index is 0.0133. The van der Waals surface area contributed by atoms with Crippen molar-refractivity contribution >= 4 is 28.8 Å². The van der Waals surface area contributed by atoms with Crippen LogP contribution in [0.1, 0.15) is 38.5 Å². The van der Waals surface area contributed by atoms with Crippen molar-refractivity contribution in [3.8, 4) is 28.4 Å². The summed E-state index contributed by atoms with van der Waals surface area (Å²) in [5, 5.41) is 50.5. The molecule has 6 unspecified atom stereocenters. The Morgan fingerprint density at radius 2 is 1.61 bits per heavy atom. The van der Waals surface area contributed by atoms with Gasteiger partial charge in [-0.05, 0) is 43.4 Å². The number of phenols is 2. The normalized spacial score (nSPS) is 21.4. The number of hydrogen-bond acceptors (Lipinski definition) is 13. The lowest BCUT2D eigenvalue weighted by Gasteiger charge is -2.36. The first-order valence-electron chi connectivity index (χ1n) is 13.9. The lowest BCUT2D eigenvalue weighted by Crippen LogP contribution is -2.55. The highest BCUT2D eigenvalue weighted by molar-refractivity contribution is 5.88. The fourth-order valence-electron chi connectivity index (χ4n) is 5.11. The van der Waals surface area contributed by atoms with Crippen molar-refractivity contribution < 1.29 is 53.8 Å². The Kier molecular flexibility index (Phi) is 10.2. The van der Waals surface area contributed by atoms with Crippen molar-refractivity contribution in [2.45, 2.75) is 69.0 Å². The molecule has 1 aliphatic carbocycles. The van der Waals surface area contributed by atoms with E-state index in [1.807, 2.05) is 0 Å². The van der Waals surface area contributed by atoms with Gasteiger partial charge in [0, 0.05) is 31.0 Å². The third-order valence-electron chi connectivity index (χ3n) is 7.58. The maximum absolute atomic E-state index is 13.0. The molecule has 1 amide bonds. The number of aliphatic hydroxyl groups is 3. The molecule has 14 heteroatoms. The molecule has 1 heterocycles. The number of phenolic OH excluding ortho intramolecular Hbond substituents is 2. The standard InChI is InChI=1S/C30H34N2O12/c31-18-5-8-22(27(29(18)40)30(32)41)44-25(38)10-7-20(35)19(34)6-9-24(37)43-16-11-21(36)26-23(12-16)42-13-17(28(26)39)14-1-3-15(33)4-2-14/h1-4,11-13,18-20,22,27,29,33-36,40H,5-10,31H2,(H2,32,41). The molecule has 1 aliphatic rings. The number of rotatable bonds is 11. The molecule has 6 atom stereocenters. The van der Waals surface area contributed by atoms with Crippen LogP contribution in [0.15, 0.2) is 51.9 Å². The second kappa shape index (κ2) is 13.9. The van der Waals surface area contributed by atoms with Crippen LogP contribution in [-0.2, 0) is 19.1 Å². The lowest BCUT2D eigenvalue weighted by atomic mass is 9.80. The van der Waals surface area contributed by atoms with Gasteiger partial charge >= 0.3 is 11.9 Å². The van der Waals surface area contributed by atoms with Gasteiger partial charge in [0.05, 0.1) is 23.9 Å². The van der Waals surface area contributed by atoms with E-state index >= 15 is 0 Å². The monoisotopic (exact) mass is 614 g/mol. The van der Waals surface area contributed by atoms with Gasteiger partial charge in [-0.3, -0.25) is 19.2 Å². The smallest absolute Gasteiger partial charge is 0.311 e. The molecule has 0 radical (unpaired) electrons. The molecule has 2 aromatic carbocycles. The topological polar surface area (TPSA) is 253 Å². The molecule has 9 N–H and O–H groups in total. The quantitative estimate of drug-likeness (QED) is 0.115. The third kappa shape index (κ3) is 7.52. The van der Waals surface area contributed by atoms with Crippen LogP contribution in [-0.4, -0.2) is 73.8 Å². The Bertz CT molecular complexity index is 1570. The molecule has 1 aromatic heterocycles. The molecule has 0 saturated heterocycles. The van der Waals surface area contributed by atoms with Crippen molar-refractivity contribution in [1.29, 1.82) is 0 Å². The molecule has 0 spiro atoms. The van der Waals surface area contributed by atoms with E-state index in [9.17, 15) is 44.7 Å². The predicted octanol–water partition coefficient (Wildman–Crippen LogP) is 0.554. The molecule has 0 aliphatic heterocycles. The lowest BCUT2D eigenvalue weighted by molar-refractivity contribution is -0.162. The van der Waals surface area contributed by atoms with Gasteiger partial charge in [-0.2, -0.15) is 0 Å². The highest BCUT2D eigenvalue weighted by Gasteiger charge is 2.42. The zero-order chi connectivity index (χ0) is 32.1. The maximum atomic E-state index is 13.0. The summed E-state index contributed by atoms with van der Waals surface area (Å²) >= 11 is 0. The van der Waals surface area contributed by atoms with Crippen molar-refractivity contribution in [3.05, 3.63) is 52.9 Å². The van der Waals surface area contributed by atoms with Crippen LogP contribution in [0, 0.1) is 5.92 Å². The average molecular weight is 615 g/mol. The summed E-state index contributed by atoms with van der Waals surface area (Å²) in [6.07, 6.45) is -4.39. The second-order valence-electron chi connectivity index (χ2n) is 10.7. The SMILES string of the molecule is NC(=O)C1C(OC(=O)CCC(O)C(O)CCC(=O)Oc2cc(O)c3c(=O)c(-c4ccc(O)cc4)coc3c2)CCC(N)C1O. The number of benzene rings is 2. The van der Waals surface area contributed by atoms with Crippen LogP contribution >= 0.6 is 0 Å². The summed E-state index contributed by atoms with van der Waals surface area (Å²) in [7, 11) is 0. The molecule has 4 rings (SSSR count). The van der Waals surface area contributed by atoms with Crippen LogP contribution in [0.2, 0.25) is 0 Å². The van der Waals surface area contributed by atoms with E-state index in [1.165, 1.54) is 36.6 Å². The highest BCUT2D eigenvalue weighted by Crippen LogP contribution is 2.31. The Balaban J connectivity index is 1.28. The molecule has 14 nitrogen and oxygen atoms in total. The van der Waals surface area contributed by atoms with E-state index in [-0.39, 0.29) is 60.1 Å². The van der Waals surface area contributed by atoms with Crippen molar-refractivity contribution in [2.75, 3.05) is 0 Å². The molecule has 1 fully saturated rings. The molecule has 236 valence electrons.